The van der Waals surface area contributed by atoms with Crippen LogP contribution in [0, 0.1) is 18.8 Å². The van der Waals surface area contributed by atoms with Crippen LogP contribution in [-0.4, -0.2) is 19.3 Å². The average Bonchev–Trinajstić information content (AvgIpc) is 3.58. The molecule has 0 saturated carbocycles. The van der Waals surface area contributed by atoms with Gasteiger partial charge in [-0.05, 0) is 103 Å². The number of pyridine rings is 1. The summed E-state index contributed by atoms with van der Waals surface area (Å²) >= 11 is 0. The molecule has 0 radical (unpaired) electrons. The Kier molecular flexibility index (Phi) is 8.74. The Morgan fingerprint density at radius 3 is 2.36 bits per heavy atom. The van der Waals surface area contributed by atoms with E-state index in [9.17, 15) is 0 Å². The molecule has 0 saturated heterocycles. The second-order valence-electron chi connectivity index (χ2n) is 16.0. The Balaban J connectivity index is 1.36. The molecule has 5 heteroatoms. The molecule has 5 nitrogen and oxygen atoms in total. The number of hydrogen-bond acceptors (Lipinski definition) is 3. The monoisotopic (exact) mass is 664 g/mol. The van der Waals surface area contributed by atoms with E-state index in [1.54, 1.807) is 0 Å². The van der Waals surface area contributed by atoms with Crippen molar-refractivity contribution in [2.75, 3.05) is 0 Å². The topological polar surface area (TPSA) is 44.9 Å². The second-order valence-corrected chi connectivity index (χ2v) is 16.0. The van der Waals surface area contributed by atoms with E-state index in [2.05, 4.69) is 157 Å². The number of allylic oxidation sites excluding steroid dienone is 2. The maximum Gasteiger partial charge on any atom is 0.137 e. The van der Waals surface area contributed by atoms with Crippen LogP contribution in [0.1, 0.15) is 109 Å². The van der Waals surface area contributed by atoms with Crippen LogP contribution in [0.4, 0.5) is 0 Å². The molecule has 1 aliphatic rings. The normalized spacial score (nSPS) is 18.3. The van der Waals surface area contributed by atoms with Crippen LogP contribution in [0.2, 0.25) is 0 Å². The number of rotatable bonds is 7. The molecule has 0 aliphatic heterocycles. The Hall–Kier alpha value is -4.64. The molecule has 0 spiro atoms. The SMILES string of the molecule is CCc1ccnc(-n2c3ccccc3c3ccc(Oc4cc(-n5nc(C)c(C6C(C)=C[C@H](C)C[C@@H]6C)c5C(C)C)cc(C(C)(C)C)c4)cc32)c1. The minimum Gasteiger partial charge on any atom is -0.457 e. The summed E-state index contributed by atoms with van der Waals surface area (Å²) in [7, 11) is 0. The van der Waals surface area contributed by atoms with E-state index in [1.165, 1.54) is 45.2 Å². The van der Waals surface area contributed by atoms with Gasteiger partial charge in [-0.3, -0.25) is 4.57 Å². The van der Waals surface area contributed by atoms with Crippen molar-refractivity contribution >= 4 is 21.8 Å². The summed E-state index contributed by atoms with van der Waals surface area (Å²) in [6.07, 6.45) is 6.55. The highest BCUT2D eigenvalue weighted by Gasteiger charge is 2.33. The molecule has 1 aliphatic carbocycles. The molecule has 50 heavy (non-hydrogen) atoms. The van der Waals surface area contributed by atoms with Crippen molar-refractivity contribution in [3.05, 3.63) is 119 Å². The number of benzene rings is 3. The minimum atomic E-state index is -0.0865. The number of fused-ring (bicyclic) bond motifs is 3. The van der Waals surface area contributed by atoms with Gasteiger partial charge < -0.3 is 4.74 Å². The molecule has 258 valence electrons. The lowest BCUT2D eigenvalue weighted by Gasteiger charge is -2.33. The van der Waals surface area contributed by atoms with Gasteiger partial charge in [-0.25, -0.2) is 9.67 Å². The van der Waals surface area contributed by atoms with Crippen molar-refractivity contribution in [1.29, 1.82) is 0 Å². The van der Waals surface area contributed by atoms with E-state index in [1.807, 2.05) is 6.20 Å². The Morgan fingerprint density at radius 2 is 1.64 bits per heavy atom. The third kappa shape index (κ3) is 6.05. The molecule has 3 aromatic carbocycles. The Bertz CT molecular complexity index is 2240. The summed E-state index contributed by atoms with van der Waals surface area (Å²) in [5.41, 5.74) is 10.9. The van der Waals surface area contributed by atoms with Crippen molar-refractivity contribution in [2.45, 2.75) is 99.3 Å². The van der Waals surface area contributed by atoms with E-state index in [-0.39, 0.29) is 5.41 Å². The smallest absolute Gasteiger partial charge is 0.137 e. The first-order valence-electron chi connectivity index (χ1n) is 18.4. The highest BCUT2D eigenvalue weighted by Crippen LogP contribution is 2.45. The second kappa shape index (κ2) is 12.9. The maximum atomic E-state index is 6.83. The standard InChI is InChI=1S/C45H52N4O/c1-11-32-18-19-46-41(22-32)48-39-15-13-12-14-37(39)38-17-16-35(26-40(38)48)50-36-24-33(45(8,9)10)23-34(25-36)49-44(27(2)3)43(31(7)47-49)42-29(5)20-28(4)21-30(42)6/h12-20,22-28,30,42H,11,21H2,1-10H3/t28-,30-,42?/m0/s1. The zero-order valence-electron chi connectivity index (χ0n) is 31.5. The summed E-state index contributed by atoms with van der Waals surface area (Å²) in [6, 6.07) is 25.9. The first-order valence-corrected chi connectivity index (χ1v) is 18.4. The van der Waals surface area contributed by atoms with E-state index < -0.39 is 0 Å². The largest absolute Gasteiger partial charge is 0.457 e. The van der Waals surface area contributed by atoms with Crippen LogP contribution >= 0.6 is 0 Å². The lowest BCUT2D eigenvalue weighted by Crippen LogP contribution is -2.21. The molecule has 3 atom stereocenters. The zero-order valence-corrected chi connectivity index (χ0v) is 31.5. The number of hydrogen-bond donors (Lipinski definition) is 0. The fourth-order valence-electron chi connectivity index (χ4n) is 8.40. The van der Waals surface area contributed by atoms with E-state index in [0.717, 1.165) is 46.2 Å². The molecular weight excluding hydrogens is 613 g/mol. The number of ether oxygens (including phenoxy) is 1. The van der Waals surface area contributed by atoms with Gasteiger partial charge in [0.05, 0.1) is 28.1 Å². The minimum absolute atomic E-state index is 0.0865. The third-order valence-corrected chi connectivity index (χ3v) is 10.7. The zero-order chi connectivity index (χ0) is 35.5. The van der Waals surface area contributed by atoms with Gasteiger partial charge in [-0.15, -0.1) is 0 Å². The quantitative estimate of drug-likeness (QED) is 0.160. The molecule has 0 N–H and O–H groups in total. The van der Waals surface area contributed by atoms with E-state index in [4.69, 9.17) is 14.8 Å². The van der Waals surface area contributed by atoms with Crippen molar-refractivity contribution in [1.82, 2.24) is 19.3 Å². The highest BCUT2D eigenvalue weighted by atomic mass is 16.5. The summed E-state index contributed by atoms with van der Waals surface area (Å²) in [5.74, 6) is 4.37. The lowest BCUT2D eigenvalue weighted by molar-refractivity contribution is 0.389. The molecule has 7 rings (SSSR count). The van der Waals surface area contributed by atoms with Crippen LogP contribution in [0.3, 0.4) is 0 Å². The summed E-state index contributed by atoms with van der Waals surface area (Å²) in [6.45, 7) is 22.8. The summed E-state index contributed by atoms with van der Waals surface area (Å²) < 4.78 is 11.3. The molecule has 1 unspecified atom stereocenters. The van der Waals surface area contributed by atoms with Gasteiger partial charge in [0, 0.05) is 40.6 Å². The third-order valence-electron chi connectivity index (χ3n) is 10.7. The van der Waals surface area contributed by atoms with Gasteiger partial charge in [-0.1, -0.05) is 85.2 Å². The number of para-hydroxylation sites is 1. The number of aromatic nitrogens is 4. The predicted octanol–water partition coefficient (Wildman–Crippen LogP) is 12.2. The van der Waals surface area contributed by atoms with Gasteiger partial charge in [0.2, 0.25) is 0 Å². The van der Waals surface area contributed by atoms with Crippen LogP contribution in [0.25, 0.3) is 33.3 Å². The van der Waals surface area contributed by atoms with Gasteiger partial charge in [-0.2, -0.15) is 5.10 Å². The Labute approximate surface area is 298 Å². The predicted molar refractivity (Wildman–Crippen MR) is 209 cm³/mol. The lowest BCUT2D eigenvalue weighted by atomic mass is 9.71. The van der Waals surface area contributed by atoms with Crippen molar-refractivity contribution in [2.24, 2.45) is 11.8 Å². The maximum absolute atomic E-state index is 6.83. The van der Waals surface area contributed by atoms with Crippen LogP contribution in [0.5, 0.6) is 11.5 Å². The molecule has 0 fully saturated rings. The first-order chi connectivity index (χ1) is 23.8. The molecule has 6 aromatic rings. The number of aryl methyl sites for hydroxylation is 2. The highest BCUT2D eigenvalue weighted by molar-refractivity contribution is 6.09. The molecule has 3 heterocycles. The summed E-state index contributed by atoms with van der Waals surface area (Å²) in [5, 5.41) is 7.66. The molecular formula is C45H52N4O. The molecule has 3 aromatic heterocycles. The van der Waals surface area contributed by atoms with Crippen LogP contribution < -0.4 is 4.74 Å². The molecule has 0 amide bonds. The van der Waals surface area contributed by atoms with E-state index >= 15 is 0 Å². The van der Waals surface area contributed by atoms with Gasteiger partial charge in [0.1, 0.15) is 17.3 Å². The van der Waals surface area contributed by atoms with Crippen molar-refractivity contribution in [3.8, 4) is 23.0 Å². The van der Waals surface area contributed by atoms with E-state index in [0.29, 0.717) is 23.7 Å². The Morgan fingerprint density at radius 1 is 0.880 bits per heavy atom. The fraction of sp³-hybridized carbons (Fsp3) is 0.378. The van der Waals surface area contributed by atoms with Crippen LogP contribution in [-0.2, 0) is 11.8 Å². The van der Waals surface area contributed by atoms with Gasteiger partial charge >= 0.3 is 0 Å². The van der Waals surface area contributed by atoms with Crippen LogP contribution in [0.15, 0.2) is 90.6 Å². The first kappa shape index (κ1) is 33.8. The van der Waals surface area contributed by atoms with Gasteiger partial charge in [0.25, 0.3) is 0 Å². The summed E-state index contributed by atoms with van der Waals surface area (Å²) in [4.78, 5) is 4.81. The van der Waals surface area contributed by atoms with Gasteiger partial charge in [0.15, 0.2) is 0 Å². The molecule has 0 bridgehead atoms. The average molecular weight is 665 g/mol. The number of nitrogens with zero attached hydrogens (tertiary/aromatic N) is 4. The van der Waals surface area contributed by atoms with Crippen molar-refractivity contribution < 1.29 is 4.74 Å². The fourth-order valence-corrected chi connectivity index (χ4v) is 8.40. The van der Waals surface area contributed by atoms with Crippen molar-refractivity contribution in [3.63, 3.8) is 0 Å².